The molecule has 0 aliphatic rings. The second kappa shape index (κ2) is 17.8. The molecule has 12 nitrogen and oxygen atoms in total. The van der Waals surface area contributed by atoms with E-state index in [1.807, 2.05) is 0 Å². The molecule has 0 bridgehead atoms. The lowest BCUT2D eigenvalue weighted by molar-refractivity contribution is 0.109. The highest BCUT2D eigenvalue weighted by Crippen LogP contribution is 2.24. The van der Waals surface area contributed by atoms with E-state index in [9.17, 15) is 0 Å². The van der Waals surface area contributed by atoms with Crippen LogP contribution < -0.4 is 0 Å². The van der Waals surface area contributed by atoms with E-state index in [1.165, 1.54) is 0 Å². The summed E-state index contributed by atoms with van der Waals surface area (Å²) in [6.07, 6.45) is 0. The third-order valence-electron chi connectivity index (χ3n) is 5.21. The van der Waals surface area contributed by atoms with Crippen LogP contribution in [0, 0.1) is 0 Å². The van der Waals surface area contributed by atoms with E-state index < -0.39 is 35.2 Å². The number of hydrogen-bond acceptors (Lipinski definition) is 12. The van der Waals surface area contributed by atoms with Crippen LogP contribution in [0.4, 0.5) is 0 Å². The molecule has 0 aromatic rings. The molecular weight excluding hydrogens is 497 g/mol. The molecule has 0 fully saturated rings. The van der Waals surface area contributed by atoms with Crippen LogP contribution >= 0.6 is 0 Å². The molecule has 0 spiro atoms. The van der Waals surface area contributed by atoms with Gasteiger partial charge >= 0.3 is 35.2 Å². The van der Waals surface area contributed by atoms with E-state index in [4.69, 9.17) is 53.1 Å². The maximum absolute atomic E-state index is 5.32. The molecule has 196 valence electrons. The lowest BCUT2D eigenvalue weighted by Crippen LogP contribution is -2.48. The van der Waals surface area contributed by atoms with Crippen molar-refractivity contribution in [2.24, 2.45) is 0 Å². The van der Waals surface area contributed by atoms with Crippen LogP contribution in [0.3, 0.4) is 0 Å². The van der Waals surface area contributed by atoms with Gasteiger partial charge in [-0.2, -0.15) is 0 Å². The van der Waals surface area contributed by atoms with Crippen molar-refractivity contribution in [3.63, 3.8) is 0 Å². The predicted molar refractivity (Wildman–Crippen MR) is 126 cm³/mol. The SMILES string of the molecule is CO[Si](CC[Si](OC)(OC)OC)(OC)OC.CO[Si](CC[Si](OC)(OC)OC)(OC)OC. The minimum Gasteiger partial charge on any atom is -0.377 e. The Balaban J connectivity index is 0. The zero-order valence-corrected chi connectivity index (χ0v) is 25.7. The van der Waals surface area contributed by atoms with Crippen molar-refractivity contribution < 1.29 is 53.1 Å². The summed E-state index contributed by atoms with van der Waals surface area (Å²) < 4.78 is 63.8. The molecule has 0 aromatic heterocycles. The van der Waals surface area contributed by atoms with Crippen LogP contribution in [0.1, 0.15) is 0 Å². The Bertz CT molecular complexity index is 334. The van der Waals surface area contributed by atoms with Crippen molar-refractivity contribution in [3.05, 3.63) is 0 Å². The summed E-state index contributed by atoms with van der Waals surface area (Å²) in [5.41, 5.74) is 0. The van der Waals surface area contributed by atoms with Crippen molar-refractivity contribution in [2.75, 3.05) is 85.3 Å². The van der Waals surface area contributed by atoms with Crippen molar-refractivity contribution in [2.45, 2.75) is 24.2 Å². The highest BCUT2D eigenvalue weighted by atomic mass is 28.4. The molecule has 0 unspecified atom stereocenters. The van der Waals surface area contributed by atoms with Gasteiger partial charge in [0.25, 0.3) is 0 Å². The topological polar surface area (TPSA) is 111 Å². The first kappa shape index (κ1) is 34.6. The Kier molecular flexibility index (Phi) is 19.2. The predicted octanol–water partition coefficient (Wildman–Crippen LogP) is 1.49. The van der Waals surface area contributed by atoms with Gasteiger partial charge in [-0.1, -0.05) is 0 Å². The van der Waals surface area contributed by atoms with Crippen LogP contribution in [-0.2, 0) is 53.1 Å². The first-order valence-electron chi connectivity index (χ1n) is 9.76. The zero-order valence-electron chi connectivity index (χ0n) is 21.7. The Morgan fingerprint density at radius 1 is 0.250 bits per heavy atom. The number of hydrogen-bond donors (Lipinski definition) is 0. The van der Waals surface area contributed by atoms with E-state index in [-0.39, 0.29) is 0 Å². The Labute approximate surface area is 198 Å². The molecule has 0 aromatic carbocycles. The monoisotopic (exact) mass is 540 g/mol. The maximum Gasteiger partial charge on any atom is 0.500 e. The normalized spacial score (nSPS) is 13.1. The van der Waals surface area contributed by atoms with Crippen LogP contribution in [0.2, 0.25) is 24.2 Å². The second-order valence-electron chi connectivity index (χ2n) is 6.18. The Hall–Kier alpha value is 0.388. The maximum atomic E-state index is 5.32. The molecule has 0 radical (unpaired) electrons. The van der Waals surface area contributed by atoms with Gasteiger partial charge in [-0.3, -0.25) is 0 Å². The van der Waals surface area contributed by atoms with Crippen molar-refractivity contribution in [1.82, 2.24) is 0 Å². The van der Waals surface area contributed by atoms with E-state index in [2.05, 4.69) is 0 Å². The summed E-state index contributed by atoms with van der Waals surface area (Å²) >= 11 is 0. The average molecular weight is 541 g/mol. The van der Waals surface area contributed by atoms with Gasteiger partial charge in [0.1, 0.15) is 0 Å². The van der Waals surface area contributed by atoms with E-state index in [0.29, 0.717) is 24.2 Å². The first-order chi connectivity index (χ1) is 15.1. The second-order valence-corrected chi connectivity index (χ2v) is 18.5. The fraction of sp³-hybridized carbons (Fsp3) is 1.00. The summed E-state index contributed by atoms with van der Waals surface area (Å²) in [5.74, 6) is 0. The van der Waals surface area contributed by atoms with Crippen LogP contribution in [0.25, 0.3) is 0 Å². The first-order valence-corrected chi connectivity index (χ1v) is 17.5. The fourth-order valence-electron chi connectivity index (χ4n) is 2.84. The van der Waals surface area contributed by atoms with Crippen LogP contribution in [0.5, 0.6) is 0 Å². The zero-order chi connectivity index (χ0) is 25.3. The van der Waals surface area contributed by atoms with Gasteiger partial charge in [-0.25, -0.2) is 0 Å². The molecule has 0 rings (SSSR count). The molecule has 0 saturated heterocycles. The molecule has 0 atom stereocenters. The Morgan fingerprint density at radius 3 is 0.406 bits per heavy atom. The van der Waals surface area contributed by atoms with Gasteiger partial charge in [0.2, 0.25) is 0 Å². The minimum absolute atomic E-state index is 0.595. The third kappa shape index (κ3) is 10.3. The molecule has 16 heteroatoms. The number of rotatable bonds is 18. The van der Waals surface area contributed by atoms with Gasteiger partial charge in [0, 0.05) is 109 Å². The highest BCUT2D eigenvalue weighted by Gasteiger charge is 2.47. The van der Waals surface area contributed by atoms with Gasteiger partial charge in [-0.05, 0) is 0 Å². The van der Waals surface area contributed by atoms with E-state index in [0.717, 1.165) is 0 Å². The molecule has 0 amide bonds. The van der Waals surface area contributed by atoms with E-state index >= 15 is 0 Å². The van der Waals surface area contributed by atoms with Gasteiger partial charge in [-0.15, -0.1) is 0 Å². The fourth-order valence-corrected chi connectivity index (χ4v) is 12.2. The standard InChI is InChI=1S/2C8H22O6Si2/c2*1-9-15(10-2,11-3)7-8-16(12-4,13-5)14-6/h2*7-8H2,1-6H3. The molecule has 0 aliphatic carbocycles. The van der Waals surface area contributed by atoms with Gasteiger partial charge in [0.15, 0.2) is 0 Å². The van der Waals surface area contributed by atoms with Gasteiger partial charge in [0.05, 0.1) is 0 Å². The lowest BCUT2D eigenvalue weighted by Gasteiger charge is -2.29. The molecular formula is C16H44O12Si4. The molecule has 0 saturated carbocycles. The Morgan fingerprint density at radius 2 is 0.344 bits per heavy atom. The smallest absolute Gasteiger partial charge is 0.377 e. The van der Waals surface area contributed by atoms with Crippen LogP contribution in [0.15, 0.2) is 0 Å². The molecule has 32 heavy (non-hydrogen) atoms. The quantitative estimate of drug-likeness (QED) is 0.235. The molecule has 0 heterocycles. The average Bonchev–Trinajstić information content (AvgIpc) is 2.87. The summed E-state index contributed by atoms with van der Waals surface area (Å²) in [5, 5.41) is 0. The minimum atomic E-state index is -2.58. The lowest BCUT2D eigenvalue weighted by atomic mass is 11.0. The van der Waals surface area contributed by atoms with Gasteiger partial charge < -0.3 is 53.1 Å². The van der Waals surface area contributed by atoms with Crippen molar-refractivity contribution in [3.8, 4) is 0 Å². The molecule has 0 N–H and O–H groups in total. The molecule has 0 aliphatic heterocycles. The summed E-state index contributed by atoms with van der Waals surface area (Å²) in [6.45, 7) is 0. The van der Waals surface area contributed by atoms with Crippen molar-refractivity contribution in [1.29, 1.82) is 0 Å². The highest BCUT2D eigenvalue weighted by molar-refractivity contribution is 6.67. The van der Waals surface area contributed by atoms with Crippen LogP contribution in [-0.4, -0.2) is 121 Å². The van der Waals surface area contributed by atoms with Crippen molar-refractivity contribution >= 4 is 35.2 Å². The third-order valence-corrected chi connectivity index (χ3v) is 17.1. The summed E-state index contributed by atoms with van der Waals surface area (Å²) in [7, 11) is 8.61. The summed E-state index contributed by atoms with van der Waals surface area (Å²) in [6, 6.07) is 2.38. The van der Waals surface area contributed by atoms with E-state index in [1.54, 1.807) is 85.3 Å². The summed E-state index contributed by atoms with van der Waals surface area (Å²) in [4.78, 5) is 0. The largest absolute Gasteiger partial charge is 0.500 e.